The highest BCUT2D eigenvalue weighted by Crippen LogP contribution is 2.26. The molecule has 1 aromatic carbocycles. The molecule has 7 heteroatoms. The van der Waals surface area contributed by atoms with Crippen molar-refractivity contribution in [3.63, 3.8) is 0 Å². The third-order valence-corrected chi connectivity index (χ3v) is 3.51. The molecule has 7 nitrogen and oxygen atoms in total. The number of rotatable bonds is 3. The van der Waals surface area contributed by atoms with E-state index in [-0.39, 0.29) is 5.75 Å². The van der Waals surface area contributed by atoms with Gasteiger partial charge in [0, 0.05) is 25.0 Å². The summed E-state index contributed by atoms with van der Waals surface area (Å²) in [5.74, 6) is -1.63. The van der Waals surface area contributed by atoms with Gasteiger partial charge in [0.15, 0.2) is 5.75 Å². The van der Waals surface area contributed by atoms with Gasteiger partial charge in [0.2, 0.25) is 5.69 Å². The van der Waals surface area contributed by atoms with Crippen LogP contribution in [0.4, 0.5) is 0 Å². The summed E-state index contributed by atoms with van der Waals surface area (Å²) in [6, 6.07) is 5.41. The van der Waals surface area contributed by atoms with Crippen molar-refractivity contribution in [1.29, 1.82) is 0 Å². The van der Waals surface area contributed by atoms with Crippen molar-refractivity contribution in [1.82, 2.24) is 15.1 Å². The molecule has 0 saturated carbocycles. The summed E-state index contributed by atoms with van der Waals surface area (Å²) in [6.07, 6.45) is 0. The lowest BCUT2D eigenvalue weighted by atomic mass is 10.1. The largest absolute Gasteiger partial charge is 0.505 e. The summed E-state index contributed by atoms with van der Waals surface area (Å²) in [6.45, 7) is 3.88. The SMILES string of the molecule is O=C(O)c1nnc2ccc(CN3CCOCC3)cc2c1O. The standard InChI is InChI=1S/C14H15N3O4/c18-13-10-7-9(8-17-3-5-21-6-4-17)1-2-11(10)15-16-12(13)14(19)20/h1-2,7H,3-6,8H2,(H,15,18)(H,19,20). The van der Waals surface area contributed by atoms with E-state index in [2.05, 4.69) is 15.1 Å². The molecular formula is C14H15N3O4. The third-order valence-electron chi connectivity index (χ3n) is 3.51. The Morgan fingerprint density at radius 3 is 2.76 bits per heavy atom. The Kier molecular flexibility index (Phi) is 3.68. The Bertz CT molecular complexity index is 683. The van der Waals surface area contributed by atoms with Crippen molar-refractivity contribution < 1.29 is 19.7 Å². The zero-order valence-corrected chi connectivity index (χ0v) is 11.3. The molecular weight excluding hydrogens is 274 g/mol. The van der Waals surface area contributed by atoms with Gasteiger partial charge in [-0.1, -0.05) is 6.07 Å². The summed E-state index contributed by atoms with van der Waals surface area (Å²) in [5, 5.41) is 26.8. The summed E-state index contributed by atoms with van der Waals surface area (Å²) in [4.78, 5) is 13.2. The highest BCUT2D eigenvalue weighted by Gasteiger charge is 2.17. The normalized spacial score (nSPS) is 16.2. The fraction of sp³-hybridized carbons (Fsp3) is 0.357. The number of carboxylic acids is 1. The van der Waals surface area contributed by atoms with Crippen LogP contribution < -0.4 is 0 Å². The molecule has 0 amide bonds. The smallest absolute Gasteiger partial charge is 0.360 e. The topological polar surface area (TPSA) is 95.8 Å². The van der Waals surface area contributed by atoms with E-state index in [0.29, 0.717) is 24.1 Å². The summed E-state index contributed by atoms with van der Waals surface area (Å²) in [7, 11) is 0. The van der Waals surface area contributed by atoms with Crippen LogP contribution in [0.3, 0.4) is 0 Å². The number of hydrogen-bond donors (Lipinski definition) is 2. The van der Waals surface area contributed by atoms with Crippen molar-refractivity contribution in [2.24, 2.45) is 0 Å². The number of ether oxygens (including phenoxy) is 1. The van der Waals surface area contributed by atoms with E-state index in [1.165, 1.54) is 0 Å². The van der Waals surface area contributed by atoms with Crippen LogP contribution in [0, 0.1) is 0 Å². The van der Waals surface area contributed by atoms with Crippen molar-refractivity contribution in [2.75, 3.05) is 26.3 Å². The van der Waals surface area contributed by atoms with E-state index in [1.54, 1.807) is 12.1 Å². The van der Waals surface area contributed by atoms with Crippen molar-refractivity contribution >= 4 is 16.9 Å². The minimum absolute atomic E-state index is 0.337. The van der Waals surface area contributed by atoms with Crippen LogP contribution in [0.5, 0.6) is 5.75 Å². The zero-order chi connectivity index (χ0) is 14.8. The van der Waals surface area contributed by atoms with Crippen molar-refractivity contribution in [3.8, 4) is 5.75 Å². The molecule has 0 atom stereocenters. The van der Waals surface area contributed by atoms with Crippen molar-refractivity contribution in [2.45, 2.75) is 6.54 Å². The van der Waals surface area contributed by atoms with Crippen LogP contribution in [0.15, 0.2) is 18.2 Å². The molecule has 0 radical (unpaired) electrons. The van der Waals surface area contributed by atoms with E-state index in [1.807, 2.05) is 6.07 Å². The first-order valence-corrected chi connectivity index (χ1v) is 6.67. The molecule has 0 aliphatic carbocycles. The lowest BCUT2D eigenvalue weighted by molar-refractivity contribution is 0.0342. The molecule has 1 aliphatic heterocycles. The van der Waals surface area contributed by atoms with Crippen LogP contribution in [0.25, 0.3) is 10.9 Å². The number of benzene rings is 1. The molecule has 1 aromatic heterocycles. The second-order valence-electron chi connectivity index (χ2n) is 4.94. The van der Waals surface area contributed by atoms with Gasteiger partial charge in [-0.15, -0.1) is 10.2 Å². The molecule has 110 valence electrons. The number of hydrogen-bond acceptors (Lipinski definition) is 6. The predicted molar refractivity (Wildman–Crippen MR) is 74.3 cm³/mol. The molecule has 2 heterocycles. The summed E-state index contributed by atoms with van der Waals surface area (Å²) < 4.78 is 5.30. The number of fused-ring (bicyclic) bond motifs is 1. The number of aromatic carboxylic acids is 1. The fourth-order valence-electron chi connectivity index (χ4n) is 2.40. The number of aromatic nitrogens is 2. The second kappa shape index (κ2) is 5.63. The van der Waals surface area contributed by atoms with Gasteiger partial charge in [0.05, 0.1) is 18.7 Å². The van der Waals surface area contributed by atoms with Gasteiger partial charge in [-0.3, -0.25) is 4.90 Å². The van der Waals surface area contributed by atoms with Crippen molar-refractivity contribution in [3.05, 3.63) is 29.5 Å². The highest BCUT2D eigenvalue weighted by molar-refractivity contribution is 5.96. The third kappa shape index (κ3) is 2.79. The first kappa shape index (κ1) is 13.7. The maximum absolute atomic E-state index is 11.0. The quantitative estimate of drug-likeness (QED) is 0.865. The van der Waals surface area contributed by atoms with Crippen LogP contribution in [-0.4, -0.2) is 57.6 Å². The predicted octanol–water partition coefficient (Wildman–Crippen LogP) is 0.866. The first-order chi connectivity index (χ1) is 10.1. The molecule has 3 rings (SSSR count). The first-order valence-electron chi connectivity index (χ1n) is 6.67. The second-order valence-corrected chi connectivity index (χ2v) is 4.94. The molecule has 0 spiro atoms. The van der Waals surface area contributed by atoms with E-state index >= 15 is 0 Å². The Hall–Kier alpha value is -2.25. The lowest BCUT2D eigenvalue weighted by Gasteiger charge is -2.26. The number of carboxylic acid groups (broad SMARTS) is 1. The van der Waals surface area contributed by atoms with E-state index < -0.39 is 11.7 Å². The average molecular weight is 289 g/mol. The van der Waals surface area contributed by atoms with Gasteiger partial charge in [0.25, 0.3) is 0 Å². The summed E-state index contributed by atoms with van der Waals surface area (Å²) in [5.41, 5.74) is 1.04. The minimum atomic E-state index is -1.29. The molecule has 2 aromatic rings. The molecule has 0 unspecified atom stereocenters. The number of carbonyl (C=O) groups is 1. The number of nitrogens with zero attached hydrogens (tertiary/aromatic N) is 3. The van der Waals surface area contributed by atoms with Crippen LogP contribution in [0.2, 0.25) is 0 Å². The van der Waals surface area contributed by atoms with E-state index in [4.69, 9.17) is 9.84 Å². The molecule has 2 N–H and O–H groups in total. The van der Waals surface area contributed by atoms with Gasteiger partial charge in [0.1, 0.15) is 0 Å². The molecule has 1 aliphatic rings. The van der Waals surface area contributed by atoms with E-state index in [9.17, 15) is 9.90 Å². The lowest BCUT2D eigenvalue weighted by Crippen LogP contribution is -2.35. The van der Waals surface area contributed by atoms with Crippen LogP contribution >= 0.6 is 0 Å². The van der Waals surface area contributed by atoms with Crippen LogP contribution in [-0.2, 0) is 11.3 Å². The Morgan fingerprint density at radius 1 is 1.29 bits per heavy atom. The maximum Gasteiger partial charge on any atom is 0.360 e. The van der Waals surface area contributed by atoms with Gasteiger partial charge in [-0.05, 0) is 17.7 Å². The maximum atomic E-state index is 11.0. The van der Waals surface area contributed by atoms with Gasteiger partial charge < -0.3 is 14.9 Å². The van der Waals surface area contributed by atoms with Crippen LogP contribution in [0.1, 0.15) is 16.1 Å². The van der Waals surface area contributed by atoms with Gasteiger partial charge >= 0.3 is 5.97 Å². The van der Waals surface area contributed by atoms with E-state index in [0.717, 1.165) is 25.2 Å². The Labute approximate surface area is 120 Å². The number of morpholine rings is 1. The molecule has 1 fully saturated rings. The monoisotopic (exact) mass is 289 g/mol. The Balaban J connectivity index is 1.94. The fourth-order valence-corrected chi connectivity index (χ4v) is 2.40. The molecule has 0 bridgehead atoms. The summed E-state index contributed by atoms with van der Waals surface area (Å²) >= 11 is 0. The molecule has 1 saturated heterocycles. The zero-order valence-electron chi connectivity index (χ0n) is 11.3. The highest BCUT2D eigenvalue weighted by atomic mass is 16.5. The Morgan fingerprint density at radius 2 is 2.05 bits per heavy atom. The average Bonchev–Trinajstić information content (AvgIpc) is 2.49. The van der Waals surface area contributed by atoms with Gasteiger partial charge in [-0.25, -0.2) is 4.79 Å². The minimum Gasteiger partial charge on any atom is -0.505 e. The molecule has 21 heavy (non-hydrogen) atoms. The number of aromatic hydroxyl groups is 1. The van der Waals surface area contributed by atoms with Gasteiger partial charge in [-0.2, -0.15) is 0 Å².